The molecule has 0 spiro atoms. The summed E-state index contributed by atoms with van der Waals surface area (Å²) < 4.78 is 0. The van der Waals surface area contributed by atoms with E-state index in [1.54, 1.807) is 0 Å². The van der Waals surface area contributed by atoms with Gasteiger partial charge in [-0.25, -0.2) is 4.98 Å². The van der Waals surface area contributed by atoms with E-state index < -0.39 is 0 Å². The van der Waals surface area contributed by atoms with E-state index in [2.05, 4.69) is 42.9 Å². The van der Waals surface area contributed by atoms with Gasteiger partial charge in [-0.3, -0.25) is 0 Å². The second-order valence-corrected chi connectivity index (χ2v) is 4.97. The van der Waals surface area contributed by atoms with E-state index in [-0.39, 0.29) is 6.61 Å². The molecule has 4 heteroatoms. The van der Waals surface area contributed by atoms with Crippen molar-refractivity contribution in [1.82, 2.24) is 10.3 Å². The van der Waals surface area contributed by atoms with Crippen LogP contribution < -0.4 is 10.2 Å². The van der Waals surface area contributed by atoms with E-state index in [0.717, 1.165) is 18.1 Å². The van der Waals surface area contributed by atoms with Gasteiger partial charge in [-0.2, -0.15) is 0 Å². The number of hydrogen-bond donors (Lipinski definition) is 2. The van der Waals surface area contributed by atoms with E-state index >= 15 is 0 Å². The van der Waals surface area contributed by atoms with Crippen molar-refractivity contribution in [3.63, 3.8) is 0 Å². The number of hydrogen-bond acceptors (Lipinski definition) is 4. The lowest BCUT2D eigenvalue weighted by Crippen LogP contribution is -2.28. The molecular formula is C15H25N3O. The van der Waals surface area contributed by atoms with Crippen LogP contribution in [-0.4, -0.2) is 35.8 Å². The number of rotatable bonds is 8. The van der Waals surface area contributed by atoms with Gasteiger partial charge in [0.25, 0.3) is 0 Å². The summed E-state index contributed by atoms with van der Waals surface area (Å²) in [6.45, 7) is 12.2. The maximum absolute atomic E-state index is 9.12. The molecule has 0 saturated heterocycles. The van der Waals surface area contributed by atoms with Gasteiger partial charge in [0.15, 0.2) is 0 Å². The Labute approximate surface area is 116 Å². The fraction of sp³-hybridized carbons (Fsp3) is 0.533. The molecule has 19 heavy (non-hydrogen) atoms. The first-order valence-electron chi connectivity index (χ1n) is 6.74. The Morgan fingerprint density at radius 3 is 2.79 bits per heavy atom. The number of nitrogens with one attached hydrogen (secondary N) is 1. The molecule has 0 aliphatic heterocycles. The van der Waals surface area contributed by atoms with E-state index in [1.165, 1.54) is 5.56 Å². The summed E-state index contributed by atoms with van der Waals surface area (Å²) >= 11 is 0. The van der Waals surface area contributed by atoms with Crippen molar-refractivity contribution < 1.29 is 5.11 Å². The van der Waals surface area contributed by atoms with Crippen molar-refractivity contribution >= 4 is 5.82 Å². The Balaban J connectivity index is 2.89. The molecule has 1 rings (SSSR count). The standard InChI is InChI=1S/C15H25N3O/c1-5-6-18(7-8-19)15-10-14(9-13(4)17-15)11-16-12(2)3/h5,9-10,12,16,19H,1,6-8,11H2,2-4H3. The molecule has 0 aromatic carbocycles. The highest BCUT2D eigenvalue weighted by atomic mass is 16.3. The highest BCUT2D eigenvalue weighted by Crippen LogP contribution is 2.15. The minimum absolute atomic E-state index is 0.114. The van der Waals surface area contributed by atoms with E-state index in [9.17, 15) is 0 Å². The number of aliphatic hydroxyl groups is 1. The van der Waals surface area contributed by atoms with Gasteiger partial charge in [0.05, 0.1) is 6.61 Å². The molecule has 0 saturated carbocycles. The summed E-state index contributed by atoms with van der Waals surface area (Å²) in [5.41, 5.74) is 2.20. The minimum atomic E-state index is 0.114. The Bertz CT molecular complexity index is 404. The number of aryl methyl sites for hydroxylation is 1. The van der Waals surface area contributed by atoms with Crippen molar-refractivity contribution in [3.8, 4) is 0 Å². The van der Waals surface area contributed by atoms with Crippen LogP contribution in [0.15, 0.2) is 24.8 Å². The molecule has 0 atom stereocenters. The number of aromatic nitrogens is 1. The quantitative estimate of drug-likeness (QED) is 0.703. The van der Waals surface area contributed by atoms with Crippen molar-refractivity contribution in [2.45, 2.75) is 33.4 Å². The van der Waals surface area contributed by atoms with Crippen molar-refractivity contribution in [2.24, 2.45) is 0 Å². The Hall–Kier alpha value is -1.39. The SMILES string of the molecule is C=CCN(CCO)c1cc(CNC(C)C)cc(C)n1. The number of pyridine rings is 1. The van der Waals surface area contributed by atoms with E-state index in [0.29, 0.717) is 19.1 Å². The van der Waals surface area contributed by atoms with E-state index in [4.69, 9.17) is 5.11 Å². The van der Waals surface area contributed by atoms with E-state index in [1.807, 2.05) is 17.9 Å². The first-order chi connectivity index (χ1) is 9.06. The molecule has 0 aliphatic rings. The fourth-order valence-corrected chi connectivity index (χ4v) is 1.88. The fourth-order valence-electron chi connectivity index (χ4n) is 1.88. The molecular weight excluding hydrogens is 238 g/mol. The van der Waals surface area contributed by atoms with Crippen molar-refractivity contribution in [3.05, 3.63) is 36.0 Å². The summed E-state index contributed by atoms with van der Waals surface area (Å²) in [5, 5.41) is 12.5. The van der Waals surface area contributed by atoms with Crippen molar-refractivity contribution in [1.29, 1.82) is 0 Å². The van der Waals surface area contributed by atoms with Crippen LogP contribution in [0.1, 0.15) is 25.1 Å². The summed E-state index contributed by atoms with van der Waals surface area (Å²) in [6, 6.07) is 4.62. The lowest BCUT2D eigenvalue weighted by Gasteiger charge is -2.22. The van der Waals surface area contributed by atoms with Gasteiger partial charge in [-0.05, 0) is 24.6 Å². The van der Waals surface area contributed by atoms with Gasteiger partial charge >= 0.3 is 0 Å². The Morgan fingerprint density at radius 2 is 2.21 bits per heavy atom. The third kappa shape index (κ3) is 5.41. The average Bonchev–Trinajstić information content (AvgIpc) is 2.35. The summed E-state index contributed by atoms with van der Waals surface area (Å²) in [4.78, 5) is 6.56. The van der Waals surface area contributed by atoms with Gasteiger partial charge in [0.1, 0.15) is 5.82 Å². The summed E-state index contributed by atoms with van der Waals surface area (Å²) in [7, 11) is 0. The highest BCUT2D eigenvalue weighted by Gasteiger charge is 2.08. The van der Waals surface area contributed by atoms with Crippen LogP contribution >= 0.6 is 0 Å². The number of nitrogens with zero attached hydrogens (tertiary/aromatic N) is 2. The van der Waals surface area contributed by atoms with Crippen LogP contribution in [0.25, 0.3) is 0 Å². The molecule has 0 unspecified atom stereocenters. The Morgan fingerprint density at radius 1 is 1.47 bits per heavy atom. The smallest absolute Gasteiger partial charge is 0.129 e. The molecule has 1 aromatic rings. The normalized spacial score (nSPS) is 10.8. The maximum atomic E-state index is 9.12. The Kier molecular flexibility index (Phi) is 6.53. The third-order valence-corrected chi connectivity index (χ3v) is 2.76. The molecule has 1 aromatic heterocycles. The molecule has 106 valence electrons. The van der Waals surface area contributed by atoms with Gasteiger partial charge in [0.2, 0.25) is 0 Å². The largest absolute Gasteiger partial charge is 0.395 e. The third-order valence-electron chi connectivity index (χ3n) is 2.76. The molecule has 0 fully saturated rings. The zero-order valence-electron chi connectivity index (χ0n) is 12.2. The minimum Gasteiger partial charge on any atom is -0.395 e. The van der Waals surface area contributed by atoms with Crippen molar-refractivity contribution in [2.75, 3.05) is 24.6 Å². The molecule has 4 nitrogen and oxygen atoms in total. The summed E-state index contributed by atoms with van der Waals surface area (Å²) in [5.74, 6) is 0.898. The lowest BCUT2D eigenvalue weighted by atomic mass is 10.2. The zero-order valence-corrected chi connectivity index (χ0v) is 12.2. The highest BCUT2D eigenvalue weighted by molar-refractivity contribution is 5.43. The number of aliphatic hydroxyl groups excluding tert-OH is 1. The van der Waals surface area contributed by atoms with Crippen LogP contribution in [0.3, 0.4) is 0 Å². The molecule has 0 bridgehead atoms. The van der Waals surface area contributed by atoms with Crippen LogP contribution in [0.2, 0.25) is 0 Å². The first-order valence-corrected chi connectivity index (χ1v) is 6.74. The summed E-state index contributed by atoms with van der Waals surface area (Å²) in [6.07, 6.45) is 1.83. The van der Waals surface area contributed by atoms with Crippen LogP contribution in [0.4, 0.5) is 5.82 Å². The molecule has 2 N–H and O–H groups in total. The molecule has 1 heterocycles. The predicted molar refractivity (Wildman–Crippen MR) is 80.4 cm³/mol. The topological polar surface area (TPSA) is 48.4 Å². The zero-order chi connectivity index (χ0) is 14.3. The molecule has 0 radical (unpaired) electrons. The van der Waals surface area contributed by atoms with Crippen LogP contribution in [0, 0.1) is 6.92 Å². The second kappa shape index (κ2) is 7.92. The van der Waals surface area contributed by atoms with Gasteiger partial charge in [-0.1, -0.05) is 19.9 Å². The first kappa shape index (κ1) is 15.7. The molecule has 0 amide bonds. The molecule has 0 aliphatic carbocycles. The van der Waals surface area contributed by atoms with Crippen LogP contribution in [0.5, 0.6) is 0 Å². The monoisotopic (exact) mass is 263 g/mol. The maximum Gasteiger partial charge on any atom is 0.129 e. The van der Waals surface area contributed by atoms with Gasteiger partial charge in [0, 0.05) is 31.4 Å². The second-order valence-electron chi connectivity index (χ2n) is 4.97. The van der Waals surface area contributed by atoms with Gasteiger partial charge < -0.3 is 15.3 Å². The number of anilines is 1. The van der Waals surface area contributed by atoms with Gasteiger partial charge in [-0.15, -0.1) is 6.58 Å². The lowest BCUT2D eigenvalue weighted by molar-refractivity contribution is 0.302. The van der Waals surface area contributed by atoms with Crippen LogP contribution in [-0.2, 0) is 6.54 Å². The average molecular weight is 263 g/mol. The predicted octanol–water partition coefficient (Wildman–Crippen LogP) is 1.87.